The van der Waals surface area contributed by atoms with Crippen LogP contribution in [0.5, 0.6) is 0 Å². The van der Waals surface area contributed by atoms with E-state index in [1.807, 2.05) is 39.0 Å². The van der Waals surface area contributed by atoms with Crippen LogP contribution in [0.2, 0.25) is 0 Å². The second-order valence-corrected chi connectivity index (χ2v) is 9.39. The first kappa shape index (κ1) is 18.0. The third kappa shape index (κ3) is 4.61. The molecule has 0 spiro atoms. The van der Waals surface area contributed by atoms with Gasteiger partial charge in [0.25, 0.3) is 0 Å². The maximum absolute atomic E-state index is 12.1. The van der Waals surface area contributed by atoms with Gasteiger partial charge in [-0.05, 0) is 30.7 Å². The first-order chi connectivity index (χ1) is 11.8. The van der Waals surface area contributed by atoms with Crippen molar-refractivity contribution in [1.82, 2.24) is 4.98 Å². The molecular weight excluding hydrogens is 348 g/mol. The van der Waals surface area contributed by atoms with Crippen LogP contribution in [0, 0.1) is 12.3 Å². The van der Waals surface area contributed by atoms with Gasteiger partial charge < -0.3 is 5.32 Å². The van der Waals surface area contributed by atoms with Crippen LogP contribution in [-0.2, 0) is 10.5 Å². The van der Waals surface area contributed by atoms with Gasteiger partial charge in [0.2, 0.25) is 5.91 Å². The number of amides is 1. The second kappa shape index (κ2) is 7.18. The molecule has 0 saturated heterocycles. The van der Waals surface area contributed by atoms with E-state index in [0.717, 1.165) is 26.0 Å². The van der Waals surface area contributed by atoms with E-state index in [-0.39, 0.29) is 5.91 Å². The van der Waals surface area contributed by atoms with Crippen molar-refractivity contribution in [2.24, 2.45) is 5.41 Å². The highest BCUT2D eigenvalue weighted by Crippen LogP contribution is 2.33. The number of fused-ring (bicyclic) bond motifs is 1. The monoisotopic (exact) mass is 370 g/mol. The topological polar surface area (TPSA) is 42.0 Å². The first-order valence-electron chi connectivity index (χ1n) is 8.22. The average molecular weight is 371 g/mol. The smallest absolute Gasteiger partial charge is 0.229 e. The van der Waals surface area contributed by atoms with Gasteiger partial charge in [0.1, 0.15) is 0 Å². The van der Waals surface area contributed by atoms with Crippen LogP contribution in [0.15, 0.2) is 46.8 Å². The second-order valence-electron chi connectivity index (χ2n) is 7.14. The summed E-state index contributed by atoms with van der Waals surface area (Å²) >= 11 is 3.42. The van der Waals surface area contributed by atoms with E-state index in [1.165, 1.54) is 11.1 Å². The van der Waals surface area contributed by atoms with Crippen LogP contribution in [0.25, 0.3) is 10.2 Å². The molecule has 0 saturated carbocycles. The highest BCUT2D eigenvalue weighted by atomic mass is 32.2. The van der Waals surface area contributed by atoms with Crippen molar-refractivity contribution in [3.63, 3.8) is 0 Å². The maximum atomic E-state index is 12.1. The van der Waals surface area contributed by atoms with Gasteiger partial charge in [0, 0.05) is 16.9 Å². The lowest BCUT2D eigenvalue weighted by Crippen LogP contribution is -2.27. The van der Waals surface area contributed by atoms with Gasteiger partial charge in [0.05, 0.1) is 10.2 Å². The molecule has 0 unspecified atom stereocenters. The number of carbonyl (C=O) groups excluding carboxylic acids is 1. The van der Waals surface area contributed by atoms with Gasteiger partial charge in [-0.1, -0.05) is 62.4 Å². The summed E-state index contributed by atoms with van der Waals surface area (Å²) in [6, 6.07) is 14.5. The Kier molecular flexibility index (Phi) is 5.16. The van der Waals surface area contributed by atoms with E-state index in [0.29, 0.717) is 0 Å². The molecular formula is C20H22N2OS2. The van der Waals surface area contributed by atoms with Crippen molar-refractivity contribution in [2.75, 3.05) is 5.32 Å². The number of anilines is 1. The number of hydrogen-bond acceptors (Lipinski definition) is 4. The van der Waals surface area contributed by atoms with Gasteiger partial charge in [-0.2, -0.15) is 0 Å². The predicted molar refractivity (Wildman–Crippen MR) is 108 cm³/mol. The summed E-state index contributed by atoms with van der Waals surface area (Å²) in [7, 11) is 0. The molecule has 1 aromatic heterocycles. The van der Waals surface area contributed by atoms with Crippen molar-refractivity contribution in [3.8, 4) is 0 Å². The molecule has 130 valence electrons. The van der Waals surface area contributed by atoms with Crippen LogP contribution in [0.4, 0.5) is 5.69 Å². The molecule has 0 aliphatic carbocycles. The molecule has 0 aliphatic rings. The molecule has 3 aromatic rings. The Hall–Kier alpha value is -1.85. The Bertz CT molecular complexity index is 892. The van der Waals surface area contributed by atoms with E-state index in [4.69, 9.17) is 0 Å². The third-order valence-corrected chi connectivity index (χ3v) is 6.02. The Labute approximate surface area is 156 Å². The summed E-state index contributed by atoms with van der Waals surface area (Å²) in [6.07, 6.45) is 0. The zero-order chi connectivity index (χ0) is 18.0. The number of carbonyl (C=O) groups is 1. The van der Waals surface area contributed by atoms with Crippen molar-refractivity contribution in [3.05, 3.63) is 53.6 Å². The molecule has 2 aromatic carbocycles. The molecule has 25 heavy (non-hydrogen) atoms. The van der Waals surface area contributed by atoms with E-state index < -0.39 is 5.41 Å². The number of rotatable bonds is 4. The van der Waals surface area contributed by atoms with Crippen molar-refractivity contribution < 1.29 is 4.79 Å². The molecule has 1 amide bonds. The Morgan fingerprint density at radius 3 is 2.56 bits per heavy atom. The molecule has 0 fully saturated rings. The van der Waals surface area contributed by atoms with Crippen LogP contribution in [-0.4, -0.2) is 10.9 Å². The van der Waals surface area contributed by atoms with E-state index in [2.05, 4.69) is 41.5 Å². The molecule has 0 bridgehead atoms. The summed E-state index contributed by atoms with van der Waals surface area (Å²) < 4.78 is 2.15. The first-order valence-corrected chi connectivity index (χ1v) is 10.0. The van der Waals surface area contributed by atoms with Crippen LogP contribution in [0.1, 0.15) is 31.9 Å². The number of thioether (sulfide) groups is 1. The van der Waals surface area contributed by atoms with Gasteiger partial charge in [0.15, 0.2) is 4.34 Å². The molecule has 3 nitrogen and oxygen atoms in total. The maximum Gasteiger partial charge on any atom is 0.229 e. The number of nitrogens with one attached hydrogen (secondary N) is 1. The number of nitrogens with zero attached hydrogens (tertiary/aromatic N) is 1. The zero-order valence-corrected chi connectivity index (χ0v) is 16.6. The highest BCUT2D eigenvalue weighted by molar-refractivity contribution is 8.00. The molecule has 1 N–H and O–H groups in total. The number of aryl methyl sites for hydroxylation is 1. The summed E-state index contributed by atoms with van der Waals surface area (Å²) in [5.41, 5.74) is 3.97. The average Bonchev–Trinajstić information content (AvgIpc) is 2.95. The molecule has 0 radical (unpaired) electrons. The summed E-state index contributed by atoms with van der Waals surface area (Å²) in [5, 5.41) is 2.98. The number of benzene rings is 2. The lowest BCUT2D eigenvalue weighted by molar-refractivity contribution is -0.123. The fourth-order valence-electron chi connectivity index (χ4n) is 2.19. The molecule has 1 heterocycles. The van der Waals surface area contributed by atoms with Crippen molar-refractivity contribution >= 4 is 44.9 Å². The Morgan fingerprint density at radius 2 is 1.88 bits per heavy atom. The van der Waals surface area contributed by atoms with E-state index in [9.17, 15) is 4.79 Å². The van der Waals surface area contributed by atoms with Gasteiger partial charge in [-0.3, -0.25) is 4.79 Å². The molecule has 0 atom stereocenters. The highest BCUT2D eigenvalue weighted by Gasteiger charge is 2.21. The van der Waals surface area contributed by atoms with Gasteiger partial charge in [-0.15, -0.1) is 11.3 Å². The van der Waals surface area contributed by atoms with Crippen LogP contribution in [0.3, 0.4) is 0 Å². The Balaban J connectivity index is 1.71. The summed E-state index contributed by atoms with van der Waals surface area (Å²) in [6.45, 7) is 7.83. The minimum atomic E-state index is -0.405. The fourth-order valence-corrected chi connectivity index (χ4v) is 4.25. The zero-order valence-electron chi connectivity index (χ0n) is 14.9. The van der Waals surface area contributed by atoms with Crippen LogP contribution >= 0.6 is 23.1 Å². The third-order valence-electron chi connectivity index (χ3n) is 3.79. The SMILES string of the molecule is Cc1ccc(CSc2nc3ccc(NC(=O)C(C)(C)C)cc3s2)cc1. The van der Waals surface area contributed by atoms with E-state index in [1.54, 1.807) is 23.1 Å². The number of aromatic nitrogens is 1. The Morgan fingerprint density at radius 1 is 1.16 bits per heavy atom. The van der Waals surface area contributed by atoms with Gasteiger partial charge in [-0.25, -0.2) is 4.98 Å². The number of thiazole rings is 1. The van der Waals surface area contributed by atoms with Crippen LogP contribution < -0.4 is 5.32 Å². The fraction of sp³-hybridized carbons (Fsp3) is 0.300. The molecule has 5 heteroatoms. The van der Waals surface area contributed by atoms with Crippen molar-refractivity contribution in [1.29, 1.82) is 0 Å². The summed E-state index contributed by atoms with van der Waals surface area (Å²) in [5.74, 6) is 0.929. The summed E-state index contributed by atoms with van der Waals surface area (Å²) in [4.78, 5) is 16.8. The standard InChI is InChI=1S/C20H22N2OS2/c1-13-5-7-14(8-6-13)12-24-19-22-16-10-9-15(11-17(16)25-19)21-18(23)20(2,3)4/h5-11H,12H2,1-4H3,(H,21,23). The largest absolute Gasteiger partial charge is 0.326 e. The van der Waals surface area contributed by atoms with Crippen molar-refractivity contribution in [2.45, 2.75) is 37.8 Å². The van der Waals surface area contributed by atoms with E-state index >= 15 is 0 Å². The molecule has 0 aliphatic heterocycles. The quantitative estimate of drug-likeness (QED) is 0.583. The molecule has 3 rings (SSSR count). The lowest BCUT2D eigenvalue weighted by Gasteiger charge is -2.17. The minimum Gasteiger partial charge on any atom is -0.326 e. The normalized spacial score (nSPS) is 11.7. The minimum absolute atomic E-state index is 0.0188. The number of hydrogen-bond donors (Lipinski definition) is 1. The van der Waals surface area contributed by atoms with Gasteiger partial charge >= 0.3 is 0 Å². The predicted octanol–water partition coefficient (Wildman–Crippen LogP) is 5.88. The lowest BCUT2D eigenvalue weighted by atomic mass is 9.95.